The Kier molecular flexibility index (Phi) is 4.39. The third-order valence-electron chi connectivity index (χ3n) is 5.37. The molecule has 30 heavy (non-hydrogen) atoms. The fraction of sp³-hybridized carbons (Fsp3) is 0.227. The number of carbonyl (C=O) groups excluding carboxylic acids is 1. The quantitative estimate of drug-likeness (QED) is 0.552. The summed E-state index contributed by atoms with van der Waals surface area (Å²) in [6, 6.07) is 13.4. The lowest BCUT2D eigenvalue weighted by Crippen LogP contribution is -2.14. The third kappa shape index (κ3) is 3.36. The molecule has 0 spiro atoms. The van der Waals surface area contributed by atoms with Crippen LogP contribution < -0.4 is 5.32 Å². The standard InChI is InChI=1S/C22H21N7O/c1-14-15(2)28(12-23-14)18-6-3-5-16(11-18)22(30)26-20-8-4-7-19(25-20)21-27-24-13-29(21)17-9-10-17/h3-8,11-13,17H,9-10H2,1-2H3,(H,25,26,30). The second-order valence-corrected chi connectivity index (χ2v) is 7.49. The number of nitrogens with one attached hydrogen (secondary N) is 1. The highest BCUT2D eigenvalue weighted by molar-refractivity contribution is 6.04. The largest absolute Gasteiger partial charge is 0.309 e. The Balaban J connectivity index is 1.39. The molecule has 1 saturated carbocycles. The summed E-state index contributed by atoms with van der Waals surface area (Å²) in [4.78, 5) is 21.8. The van der Waals surface area contributed by atoms with Crippen LogP contribution in [0.5, 0.6) is 0 Å². The predicted molar refractivity (Wildman–Crippen MR) is 113 cm³/mol. The van der Waals surface area contributed by atoms with Crippen LogP contribution >= 0.6 is 0 Å². The van der Waals surface area contributed by atoms with E-state index in [0.29, 0.717) is 23.1 Å². The molecule has 0 aliphatic heterocycles. The van der Waals surface area contributed by atoms with Crippen molar-refractivity contribution in [2.45, 2.75) is 32.7 Å². The van der Waals surface area contributed by atoms with Gasteiger partial charge in [0.1, 0.15) is 17.8 Å². The van der Waals surface area contributed by atoms with Crippen LogP contribution in [0, 0.1) is 13.8 Å². The first kappa shape index (κ1) is 18.2. The lowest BCUT2D eigenvalue weighted by Gasteiger charge is -2.10. The minimum absolute atomic E-state index is 0.223. The van der Waals surface area contributed by atoms with Crippen molar-refractivity contribution in [3.05, 3.63) is 72.1 Å². The predicted octanol–water partition coefficient (Wildman–Crippen LogP) is 3.73. The number of rotatable bonds is 5. The van der Waals surface area contributed by atoms with Crippen LogP contribution in [0.15, 0.2) is 55.1 Å². The van der Waals surface area contributed by atoms with Gasteiger partial charge in [0.25, 0.3) is 5.91 Å². The number of amides is 1. The molecule has 1 aliphatic rings. The molecular formula is C22H21N7O. The van der Waals surface area contributed by atoms with Gasteiger partial charge >= 0.3 is 0 Å². The topological polar surface area (TPSA) is 90.5 Å². The van der Waals surface area contributed by atoms with Crippen LogP contribution in [-0.4, -0.2) is 35.2 Å². The monoisotopic (exact) mass is 399 g/mol. The number of hydrogen-bond acceptors (Lipinski definition) is 5. The van der Waals surface area contributed by atoms with Gasteiger partial charge in [0.15, 0.2) is 5.82 Å². The zero-order chi connectivity index (χ0) is 20.7. The molecule has 0 bridgehead atoms. The Bertz CT molecular complexity index is 1240. The van der Waals surface area contributed by atoms with Crippen molar-refractivity contribution in [1.82, 2.24) is 29.3 Å². The lowest BCUT2D eigenvalue weighted by atomic mass is 10.2. The fourth-order valence-corrected chi connectivity index (χ4v) is 3.42. The van der Waals surface area contributed by atoms with Crippen molar-refractivity contribution in [1.29, 1.82) is 0 Å². The first-order valence-electron chi connectivity index (χ1n) is 9.89. The second-order valence-electron chi connectivity index (χ2n) is 7.49. The molecule has 3 heterocycles. The molecule has 150 valence electrons. The van der Waals surface area contributed by atoms with Crippen LogP contribution in [0.1, 0.15) is 40.6 Å². The molecule has 1 aromatic carbocycles. The number of carbonyl (C=O) groups is 1. The van der Waals surface area contributed by atoms with E-state index in [2.05, 4.69) is 25.5 Å². The van der Waals surface area contributed by atoms with E-state index in [1.807, 2.05) is 53.3 Å². The van der Waals surface area contributed by atoms with E-state index in [4.69, 9.17) is 0 Å². The number of anilines is 1. The number of aromatic nitrogens is 6. The Morgan fingerprint density at radius 3 is 2.70 bits per heavy atom. The Labute approximate surface area is 173 Å². The summed E-state index contributed by atoms with van der Waals surface area (Å²) in [6.45, 7) is 3.97. The smallest absolute Gasteiger partial charge is 0.256 e. The number of hydrogen-bond donors (Lipinski definition) is 1. The van der Waals surface area contributed by atoms with E-state index in [1.54, 1.807) is 24.8 Å². The molecule has 1 N–H and O–H groups in total. The van der Waals surface area contributed by atoms with Crippen molar-refractivity contribution in [3.8, 4) is 17.2 Å². The number of pyridine rings is 1. The molecule has 0 atom stereocenters. The summed E-state index contributed by atoms with van der Waals surface area (Å²) in [5.74, 6) is 0.976. The van der Waals surface area contributed by atoms with Crippen molar-refractivity contribution in [2.75, 3.05) is 5.32 Å². The summed E-state index contributed by atoms with van der Waals surface area (Å²) in [5.41, 5.74) is 4.13. The summed E-state index contributed by atoms with van der Waals surface area (Å²) in [6.07, 6.45) is 5.77. The summed E-state index contributed by atoms with van der Waals surface area (Å²) in [7, 11) is 0. The van der Waals surface area contributed by atoms with Crippen molar-refractivity contribution < 1.29 is 4.79 Å². The van der Waals surface area contributed by atoms with E-state index in [0.717, 1.165) is 35.7 Å². The minimum Gasteiger partial charge on any atom is -0.309 e. The SMILES string of the molecule is Cc1ncn(-c2cccc(C(=O)Nc3cccc(-c4nncn4C4CC4)n3)c2)c1C. The van der Waals surface area contributed by atoms with E-state index >= 15 is 0 Å². The van der Waals surface area contributed by atoms with Crippen LogP contribution in [-0.2, 0) is 0 Å². The first-order valence-corrected chi connectivity index (χ1v) is 9.89. The van der Waals surface area contributed by atoms with Gasteiger partial charge in [-0.05, 0) is 57.0 Å². The van der Waals surface area contributed by atoms with Gasteiger partial charge in [-0.2, -0.15) is 0 Å². The zero-order valence-electron chi connectivity index (χ0n) is 16.8. The molecule has 8 nitrogen and oxygen atoms in total. The second kappa shape index (κ2) is 7.22. The Morgan fingerprint density at radius 1 is 1.10 bits per heavy atom. The Morgan fingerprint density at radius 2 is 1.93 bits per heavy atom. The molecule has 0 unspecified atom stereocenters. The van der Waals surface area contributed by atoms with Crippen molar-refractivity contribution in [2.24, 2.45) is 0 Å². The number of benzene rings is 1. The van der Waals surface area contributed by atoms with E-state index in [1.165, 1.54) is 0 Å². The average Bonchev–Trinajstić information content (AvgIpc) is 3.39. The third-order valence-corrected chi connectivity index (χ3v) is 5.37. The molecular weight excluding hydrogens is 378 g/mol. The Hall–Kier alpha value is -3.81. The van der Waals surface area contributed by atoms with Gasteiger partial charge in [0.05, 0.1) is 12.0 Å². The summed E-state index contributed by atoms with van der Waals surface area (Å²) >= 11 is 0. The lowest BCUT2D eigenvalue weighted by molar-refractivity contribution is 0.102. The van der Waals surface area contributed by atoms with Crippen LogP contribution in [0.25, 0.3) is 17.2 Å². The average molecular weight is 399 g/mol. The maximum Gasteiger partial charge on any atom is 0.256 e. The molecule has 1 fully saturated rings. The van der Waals surface area contributed by atoms with Crippen molar-refractivity contribution >= 4 is 11.7 Å². The van der Waals surface area contributed by atoms with Crippen LogP contribution in [0.3, 0.4) is 0 Å². The first-order chi connectivity index (χ1) is 14.6. The van der Waals surface area contributed by atoms with Gasteiger partial charge in [-0.3, -0.25) is 4.79 Å². The minimum atomic E-state index is -0.223. The summed E-state index contributed by atoms with van der Waals surface area (Å²) < 4.78 is 4.02. The molecule has 5 rings (SSSR count). The maximum absolute atomic E-state index is 12.9. The number of nitrogens with zero attached hydrogens (tertiary/aromatic N) is 6. The van der Waals surface area contributed by atoms with Gasteiger partial charge in [-0.15, -0.1) is 10.2 Å². The van der Waals surface area contributed by atoms with E-state index in [-0.39, 0.29) is 5.91 Å². The molecule has 1 amide bonds. The van der Waals surface area contributed by atoms with Crippen molar-refractivity contribution in [3.63, 3.8) is 0 Å². The highest BCUT2D eigenvalue weighted by Crippen LogP contribution is 2.37. The highest BCUT2D eigenvalue weighted by Gasteiger charge is 2.27. The summed E-state index contributed by atoms with van der Waals surface area (Å²) in [5, 5.41) is 11.1. The fourth-order valence-electron chi connectivity index (χ4n) is 3.42. The van der Waals surface area contributed by atoms with E-state index in [9.17, 15) is 4.79 Å². The molecule has 3 aromatic heterocycles. The van der Waals surface area contributed by atoms with Gasteiger partial charge < -0.3 is 14.5 Å². The van der Waals surface area contributed by atoms with Gasteiger partial charge in [-0.1, -0.05) is 12.1 Å². The molecule has 1 aliphatic carbocycles. The number of aryl methyl sites for hydroxylation is 1. The zero-order valence-corrected chi connectivity index (χ0v) is 16.8. The molecule has 0 saturated heterocycles. The number of imidazole rings is 1. The van der Waals surface area contributed by atoms with Gasteiger partial charge in [0.2, 0.25) is 0 Å². The van der Waals surface area contributed by atoms with Gasteiger partial charge in [-0.25, -0.2) is 9.97 Å². The normalized spacial score (nSPS) is 13.4. The molecule has 8 heteroatoms. The van der Waals surface area contributed by atoms with Crippen LogP contribution in [0.2, 0.25) is 0 Å². The molecule has 4 aromatic rings. The maximum atomic E-state index is 12.9. The van der Waals surface area contributed by atoms with Gasteiger partial charge in [0, 0.05) is 23.0 Å². The van der Waals surface area contributed by atoms with E-state index < -0.39 is 0 Å². The molecule has 0 radical (unpaired) electrons. The highest BCUT2D eigenvalue weighted by atomic mass is 16.1. The van der Waals surface area contributed by atoms with Crippen LogP contribution in [0.4, 0.5) is 5.82 Å².